The third-order valence-corrected chi connectivity index (χ3v) is 4.56. The van der Waals surface area contributed by atoms with Gasteiger partial charge in [0.1, 0.15) is 18.8 Å². The second-order valence-electron chi connectivity index (χ2n) is 6.69. The Hall–Kier alpha value is -3.82. The fourth-order valence-electron chi connectivity index (χ4n) is 2.91. The molecule has 4 N–H and O–H groups in total. The summed E-state index contributed by atoms with van der Waals surface area (Å²) in [5.74, 6) is -3.10. The van der Waals surface area contributed by atoms with Crippen LogP contribution in [0.2, 0.25) is 0 Å². The zero-order chi connectivity index (χ0) is 22.8. The Balaban J connectivity index is 2.15. The molecule has 1 aromatic heterocycles. The number of rotatable bonds is 12. The van der Waals surface area contributed by atoms with Crippen molar-refractivity contribution in [3.05, 3.63) is 41.6 Å². The highest BCUT2D eigenvalue weighted by molar-refractivity contribution is 6.25. The zero-order valence-electron chi connectivity index (χ0n) is 16.8. The van der Waals surface area contributed by atoms with Gasteiger partial charge in [0.2, 0.25) is 17.6 Å². The highest BCUT2D eigenvalue weighted by Gasteiger charge is 2.28. The molecule has 0 saturated carbocycles. The van der Waals surface area contributed by atoms with E-state index in [4.69, 9.17) is 10.3 Å². The van der Waals surface area contributed by atoms with Gasteiger partial charge in [-0.1, -0.05) is 18.2 Å². The zero-order valence-corrected chi connectivity index (χ0v) is 16.8. The van der Waals surface area contributed by atoms with Crippen molar-refractivity contribution in [1.82, 2.24) is 15.6 Å². The predicted octanol–water partition coefficient (Wildman–Crippen LogP) is 0.0609. The van der Waals surface area contributed by atoms with Gasteiger partial charge in [-0.25, -0.2) is 4.79 Å². The standard InChI is InChI=1S/C20H23N5O6/c1-22-18(27)11-31-17(8-12-9-23-15-5-3-2-4-14(12)15)19(28)25-16(20(29)30)7-6-13(26)10-24-21/h2-5,9-10,16-17,23H,6-8,11H2,1H3,(H,22,27)(H,25,28)(H,29,30). The average Bonchev–Trinajstić information content (AvgIpc) is 3.16. The Kier molecular flexibility index (Phi) is 8.62. The number of nitrogens with one attached hydrogen (secondary N) is 3. The summed E-state index contributed by atoms with van der Waals surface area (Å²) in [4.78, 5) is 53.0. The number of H-pyrrole nitrogens is 1. The molecule has 2 rings (SSSR count). The number of ether oxygens (including phenoxy) is 1. The molecule has 2 amide bonds. The summed E-state index contributed by atoms with van der Waals surface area (Å²) in [7, 11) is 1.42. The molecule has 0 fully saturated rings. The van der Waals surface area contributed by atoms with E-state index in [1.165, 1.54) is 7.05 Å². The van der Waals surface area contributed by atoms with Crippen molar-refractivity contribution in [3.8, 4) is 0 Å². The van der Waals surface area contributed by atoms with Gasteiger partial charge in [0, 0.05) is 37.0 Å². The van der Waals surface area contributed by atoms with Gasteiger partial charge in [-0.3, -0.25) is 14.4 Å². The summed E-state index contributed by atoms with van der Waals surface area (Å²) in [6.45, 7) is -0.389. The third-order valence-electron chi connectivity index (χ3n) is 4.56. The van der Waals surface area contributed by atoms with E-state index in [2.05, 4.69) is 20.4 Å². The number of carbonyl (C=O) groups excluding carboxylic acids is 3. The molecule has 0 saturated heterocycles. The van der Waals surface area contributed by atoms with Gasteiger partial charge >= 0.3 is 12.2 Å². The number of carboxylic acids is 1. The molecule has 31 heavy (non-hydrogen) atoms. The maximum absolute atomic E-state index is 12.8. The largest absolute Gasteiger partial charge is 0.480 e. The molecule has 0 spiro atoms. The number of benzene rings is 1. The molecule has 2 atom stereocenters. The van der Waals surface area contributed by atoms with Crippen LogP contribution in [0.1, 0.15) is 18.4 Å². The average molecular weight is 429 g/mol. The topological polar surface area (TPSA) is 174 Å². The van der Waals surface area contributed by atoms with E-state index in [9.17, 15) is 24.3 Å². The SMILES string of the molecule is CNC(=O)COC(Cc1c[nH]c2ccccc12)C(=O)NC(CCC(=O)C=[N+]=[N-])C(=O)O. The second-order valence-corrected chi connectivity index (χ2v) is 6.69. The molecule has 1 aromatic carbocycles. The molecule has 2 unspecified atom stereocenters. The number of carboxylic acid groups (broad SMARTS) is 1. The molecule has 11 nitrogen and oxygen atoms in total. The van der Waals surface area contributed by atoms with Gasteiger partial charge in [0.15, 0.2) is 0 Å². The molecular formula is C20H23N5O6. The third kappa shape index (κ3) is 6.88. The summed E-state index contributed by atoms with van der Waals surface area (Å²) in [5.41, 5.74) is 9.98. The Morgan fingerprint density at radius 3 is 2.71 bits per heavy atom. The Morgan fingerprint density at radius 1 is 1.29 bits per heavy atom. The van der Waals surface area contributed by atoms with Crippen LogP contribution in [0.25, 0.3) is 16.4 Å². The quantitative estimate of drug-likeness (QED) is 0.211. The van der Waals surface area contributed by atoms with Gasteiger partial charge in [-0.2, -0.15) is 4.79 Å². The van der Waals surface area contributed by atoms with Gasteiger partial charge < -0.3 is 31.0 Å². The summed E-state index contributed by atoms with van der Waals surface area (Å²) in [5, 5.41) is 15.0. The number of nitrogens with zero attached hydrogens (tertiary/aromatic N) is 2. The highest BCUT2D eigenvalue weighted by atomic mass is 16.5. The number of hydrogen-bond donors (Lipinski definition) is 4. The molecule has 164 valence electrons. The number of ketones is 1. The minimum atomic E-state index is -1.36. The number of para-hydroxylation sites is 1. The first-order valence-corrected chi connectivity index (χ1v) is 9.46. The van der Waals surface area contributed by atoms with E-state index in [0.29, 0.717) is 6.21 Å². The number of hydrogen-bond acceptors (Lipinski definition) is 5. The molecule has 2 aromatic rings. The van der Waals surface area contributed by atoms with E-state index in [1.54, 1.807) is 6.20 Å². The maximum atomic E-state index is 12.8. The molecule has 11 heteroatoms. The number of likely N-dealkylation sites (N-methyl/N-ethyl adjacent to an activating group) is 1. The number of amides is 2. The van der Waals surface area contributed by atoms with Crippen LogP contribution in [0, 0.1) is 0 Å². The van der Waals surface area contributed by atoms with Crippen molar-refractivity contribution >= 4 is 40.7 Å². The molecule has 0 aliphatic carbocycles. The number of carbonyl (C=O) groups is 4. The summed E-state index contributed by atoms with van der Waals surface area (Å²) in [6, 6.07) is 6.07. The van der Waals surface area contributed by atoms with Crippen LogP contribution in [-0.4, -0.2) is 70.5 Å². The molecule has 0 aliphatic heterocycles. The van der Waals surface area contributed by atoms with Crippen LogP contribution in [0.15, 0.2) is 30.5 Å². The van der Waals surface area contributed by atoms with Gasteiger partial charge in [0.05, 0.1) is 0 Å². The Labute approximate surface area is 177 Å². The fourth-order valence-corrected chi connectivity index (χ4v) is 2.91. The first-order chi connectivity index (χ1) is 14.8. The van der Waals surface area contributed by atoms with Crippen LogP contribution >= 0.6 is 0 Å². The summed E-state index contributed by atoms with van der Waals surface area (Å²) >= 11 is 0. The summed E-state index contributed by atoms with van der Waals surface area (Å²) < 4.78 is 5.47. The van der Waals surface area contributed by atoms with Gasteiger partial charge in [-0.05, 0) is 18.1 Å². The number of aromatic nitrogens is 1. The maximum Gasteiger partial charge on any atom is 0.326 e. The van der Waals surface area contributed by atoms with E-state index >= 15 is 0 Å². The lowest BCUT2D eigenvalue weighted by Gasteiger charge is -2.20. The van der Waals surface area contributed by atoms with Crippen molar-refractivity contribution in [2.75, 3.05) is 13.7 Å². The van der Waals surface area contributed by atoms with E-state index in [1.807, 2.05) is 24.3 Å². The van der Waals surface area contributed by atoms with E-state index in [-0.39, 0.29) is 25.9 Å². The molecule has 0 bridgehead atoms. The minimum Gasteiger partial charge on any atom is -0.480 e. The first-order valence-electron chi connectivity index (χ1n) is 9.46. The molecule has 0 radical (unpaired) electrons. The smallest absolute Gasteiger partial charge is 0.326 e. The van der Waals surface area contributed by atoms with E-state index in [0.717, 1.165) is 16.5 Å². The number of Topliss-reactive ketones (excluding diaryl/α,β-unsaturated/α-hetero) is 1. The predicted molar refractivity (Wildman–Crippen MR) is 109 cm³/mol. The lowest BCUT2D eigenvalue weighted by Crippen LogP contribution is -2.47. The second kappa shape index (κ2) is 11.4. The highest BCUT2D eigenvalue weighted by Crippen LogP contribution is 2.20. The lowest BCUT2D eigenvalue weighted by molar-refractivity contribution is -0.146. The van der Waals surface area contributed by atoms with Crippen molar-refractivity contribution < 1.29 is 33.8 Å². The molecule has 1 heterocycles. The molecular weight excluding hydrogens is 406 g/mol. The van der Waals surface area contributed by atoms with Crippen LogP contribution in [-0.2, 0) is 30.3 Å². The monoisotopic (exact) mass is 429 g/mol. The van der Waals surface area contributed by atoms with Crippen molar-refractivity contribution in [3.63, 3.8) is 0 Å². The fraction of sp³-hybridized carbons (Fsp3) is 0.350. The number of aromatic amines is 1. The van der Waals surface area contributed by atoms with Crippen LogP contribution in [0.4, 0.5) is 0 Å². The number of aliphatic carboxylic acids is 1. The van der Waals surface area contributed by atoms with Crippen LogP contribution in [0.5, 0.6) is 0 Å². The first kappa shape index (κ1) is 23.5. The Morgan fingerprint density at radius 2 is 2.03 bits per heavy atom. The van der Waals surface area contributed by atoms with Gasteiger partial charge in [-0.15, -0.1) is 0 Å². The van der Waals surface area contributed by atoms with Crippen molar-refractivity contribution in [2.45, 2.75) is 31.4 Å². The van der Waals surface area contributed by atoms with Crippen LogP contribution < -0.4 is 10.6 Å². The van der Waals surface area contributed by atoms with Crippen LogP contribution in [0.3, 0.4) is 0 Å². The minimum absolute atomic E-state index is 0.0925. The van der Waals surface area contributed by atoms with Crippen molar-refractivity contribution in [1.29, 1.82) is 0 Å². The van der Waals surface area contributed by atoms with Crippen molar-refractivity contribution in [2.24, 2.45) is 0 Å². The molecule has 0 aliphatic rings. The van der Waals surface area contributed by atoms with Gasteiger partial charge in [0.25, 0.3) is 0 Å². The Bertz CT molecular complexity index is 1010. The summed E-state index contributed by atoms with van der Waals surface area (Å²) in [6.07, 6.45) is 0.875. The lowest BCUT2D eigenvalue weighted by atomic mass is 10.0. The van der Waals surface area contributed by atoms with E-state index < -0.39 is 35.7 Å². The normalized spacial score (nSPS) is 12.4. The number of fused-ring (bicyclic) bond motifs is 1.